The summed E-state index contributed by atoms with van der Waals surface area (Å²) in [7, 11) is -2.16. The summed E-state index contributed by atoms with van der Waals surface area (Å²) < 4.78 is 34.6. The van der Waals surface area contributed by atoms with Crippen molar-refractivity contribution >= 4 is 16.1 Å². The van der Waals surface area contributed by atoms with Gasteiger partial charge in [0.05, 0.1) is 12.7 Å². The van der Waals surface area contributed by atoms with Crippen LogP contribution in [0.1, 0.15) is 41.0 Å². The van der Waals surface area contributed by atoms with E-state index < -0.39 is 15.6 Å². The highest BCUT2D eigenvalue weighted by atomic mass is 32.2. The van der Waals surface area contributed by atoms with E-state index >= 15 is 0 Å². The van der Waals surface area contributed by atoms with Gasteiger partial charge in [0.1, 0.15) is 11.6 Å². The number of hydrogen-bond acceptors (Lipinski definition) is 5. The molecule has 1 N–H and O–H groups in total. The number of aromatic nitrogens is 2. The molecule has 1 saturated heterocycles. The summed E-state index contributed by atoms with van der Waals surface area (Å²) in [5.41, 5.74) is 1.17. The Morgan fingerprint density at radius 1 is 1.09 bits per heavy atom. The van der Waals surface area contributed by atoms with E-state index in [1.54, 1.807) is 32.2 Å². The van der Waals surface area contributed by atoms with Gasteiger partial charge in [-0.05, 0) is 43.9 Å². The number of hydrogen-bond donors (Lipinski definition) is 1. The number of para-hydroxylation sites is 1. The van der Waals surface area contributed by atoms with Crippen molar-refractivity contribution in [2.75, 3.05) is 26.7 Å². The van der Waals surface area contributed by atoms with Gasteiger partial charge >= 0.3 is 10.2 Å². The van der Waals surface area contributed by atoms with Gasteiger partial charge < -0.3 is 10.1 Å². The molecule has 0 spiro atoms. The van der Waals surface area contributed by atoms with Gasteiger partial charge in [-0.15, -0.1) is 0 Å². The minimum absolute atomic E-state index is 0.212. The van der Waals surface area contributed by atoms with Gasteiger partial charge in [-0.25, -0.2) is 8.96 Å². The first-order chi connectivity index (χ1) is 16.4. The highest BCUT2D eigenvalue weighted by Gasteiger charge is 2.38. The molecule has 3 aromatic rings. The number of aryl methyl sites for hydroxylation is 1. The summed E-state index contributed by atoms with van der Waals surface area (Å²) in [5, 5.41) is 3.10. The number of nitrogens with zero attached hydrogens (tertiary/aromatic N) is 3. The predicted octanol–water partition coefficient (Wildman–Crippen LogP) is 3.15. The standard InChI is InChI=1S/C25H30N4O4S/c1-20-26-15-18-29(20)34(31,32)28-16-8-13-25(14-17-28,21-9-4-3-5-10-21)19-27-24(30)22-11-6-7-12-23(22)33-2/h3-7,9-12,15,18H,8,13-14,16-17,19H2,1-2H3,(H,27,30). The number of carbonyl (C=O) groups excluding carboxylic acids is 1. The monoisotopic (exact) mass is 482 g/mol. The zero-order valence-electron chi connectivity index (χ0n) is 19.5. The molecular weight excluding hydrogens is 452 g/mol. The fourth-order valence-corrected chi connectivity index (χ4v) is 6.19. The fourth-order valence-electron chi connectivity index (χ4n) is 4.67. The Labute approximate surface area is 200 Å². The summed E-state index contributed by atoms with van der Waals surface area (Å²) in [6.45, 7) is 2.83. The van der Waals surface area contributed by atoms with Crippen LogP contribution in [0.5, 0.6) is 5.75 Å². The zero-order valence-corrected chi connectivity index (χ0v) is 20.3. The Bertz CT molecular complexity index is 1240. The highest BCUT2D eigenvalue weighted by Crippen LogP contribution is 2.36. The SMILES string of the molecule is COc1ccccc1C(=O)NCC1(c2ccccc2)CCCN(S(=O)(=O)n2ccnc2C)CC1. The molecule has 1 aliphatic heterocycles. The molecule has 1 atom stereocenters. The molecule has 8 nitrogen and oxygen atoms in total. The van der Waals surface area contributed by atoms with Gasteiger partial charge in [0.25, 0.3) is 5.91 Å². The lowest BCUT2D eigenvalue weighted by Crippen LogP contribution is -2.42. The Kier molecular flexibility index (Phi) is 7.04. The van der Waals surface area contributed by atoms with Crippen molar-refractivity contribution in [1.29, 1.82) is 0 Å². The van der Waals surface area contributed by atoms with Gasteiger partial charge in [-0.3, -0.25) is 4.79 Å². The van der Waals surface area contributed by atoms with E-state index in [4.69, 9.17) is 4.74 Å². The maximum absolute atomic E-state index is 13.3. The smallest absolute Gasteiger partial charge is 0.308 e. The van der Waals surface area contributed by atoms with Crippen LogP contribution >= 0.6 is 0 Å². The minimum Gasteiger partial charge on any atom is -0.496 e. The number of ether oxygens (including phenoxy) is 1. The molecule has 9 heteroatoms. The first kappa shape index (κ1) is 24.0. The van der Waals surface area contributed by atoms with E-state index in [2.05, 4.69) is 22.4 Å². The number of benzene rings is 2. The van der Waals surface area contributed by atoms with Gasteiger partial charge in [0.2, 0.25) is 0 Å². The Morgan fingerprint density at radius 2 is 1.82 bits per heavy atom. The van der Waals surface area contributed by atoms with Crippen LogP contribution in [0.3, 0.4) is 0 Å². The molecule has 1 unspecified atom stereocenters. The number of imidazole rings is 1. The molecule has 2 aromatic carbocycles. The summed E-state index contributed by atoms with van der Waals surface area (Å²) >= 11 is 0. The largest absolute Gasteiger partial charge is 0.496 e. The number of methoxy groups -OCH3 is 1. The van der Waals surface area contributed by atoms with Gasteiger partial charge in [-0.1, -0.05) is 42.5 Å². The fraction of sp³-hybridized carbons (Fsp3) is 0.360. The lowest BCUT2D eigenvalue weighted by atomic mass is 9.74. The van der Waals surface area contributed by atoms with Crippen molar-refractivity contribution in [1.82, 2.24) is 18.6 Å². The van der Waals surface area contributed by atoms with Crippen LogP contribution in [0.25, 0.3) is 0 Å². The molecular formula is C25H30N4O4S. The number of nitrogens with one attached hydrogen (secondary N) is 1. The van der Waals surface area contributed by atoms with Gasteiger partial charge in [0.15, 0.2) is 0 Å². The molecule has 2 heterocycles. The predicted molar refractivity (Wildman–Crippen MR) is 130 cm³/mol. The number of rotatable bonds is 7. The summed E-state index contributed by atoms with van der Waals surface area (Å²) in [5.74, 6) is 0.737. The van der Waals surface area contributed by atoms with Crippen LogP contribution in [0.15, 0.2) is 67.0 Å². The second-order valence-corrected chi connectivity index (χ2v) is 10.4. The van der Waals surface area contributed by atoms with Crippen molar-refractivity contribution in [2.24, 2.45) is 0 Å². The van der Waals surface area contributed by atoms with Gasteiger partial charge in [0, 0.05) is 37.4 Å². The van der Waals surface area contributed by atoms with Crippen molar-refractivity contribution in [3.8, 4) is 5.75 Å². The van der Waals surface area contributed by atoms with Gasteiger partial charge in [-0.2, -0.15) is 12.7 Å². The molecule has 1 amide bonds. The van der Waals surface area contributed by atoms with Crippen LogP contribution < -0.4 is 10.1 Å². The first-order valence-electron chi connectivity index (χ1n) is 11.3. The lowest BCUT2D eigenvalue weighted by molar-refractivity contribution is 0.0937. The second kappa shape index (κ2) is 9.99. The molecule has 0 aliphatic carbocycles. The number of amides is 1. The van der Waals surface area contributed by atoms with Crippen LogP contribution in [-0.4, -0.2) is 54.3 Å². The average molecular weight is 483 g/mol. The zero-order chi connectivity index (χ0) is 24.2. The second-order valence-electron chi connectivity index (χ2n) is 8.56. The minimum atomic E-state index is -3.70. The summed E-state index contributed by atoms with van der Waals surface area (Å²) in [4.78, 5) is 17.1. The third-order valence-corrected chi connectivity index (χ3v) is 8.49. The Morgan fingerprint density at radius 3 is 2.53 bits per heavy atom. The summed E-state index contributed by atoms with van der Waals surface area (Å²) in [6.07, 6.45) is 4.97. The van der Waals surface area contributed by atoms with Crippen molar-refractivity contribution < 1.29 is 17.9 Å². The molecule has 0 saturated carbocycles. The van der Waals surface area contributed by atoms with E-state index in [0.717, 1.165) is 12.0 Å². The normalized spacial score (nSPS) is 19.4. The summed E-state index contributed by atoms with van der Waals surface area (Å²) in [6, 6.07) is 17.1. The van der Waals surface area contributed by atoms with E-state index in [0.29, 0.717) is 49.6 Å². The third kappa shape index (κ3) is 4.71. The molecule has 1 aliphatic rings. The molecule has 1 aromatic heterocycles. The first-order valence-corrected chi connectivity index (χ1v) is 12.7. The van der Waals surface area contributed by atoms with E-state index in [9.17, 15) is 13.2 Å². The van der Waals surface area contributed by atoms with Crippen molar-refractivity contribution in [2.45, 2.75) is 31.6 Å². The molecule has 0 radical (unpaired) electrons. The van der Waals surface area contributed by atoms with Crippen LogP contribution in [0, 0.1) is 6.92 Å². The van der Waals surface area contributed by atoms with E-state index in [1.807, 2.05) is 24.3 Å². The van der Waals surface area contributed by atoms with Crippen molar-refractivity contribution in [3.05, 3.63) is 83.9 Å². The van der Waals surface area contributed by atoms with Crippen molar-refractivity contribution in [3.63, 3.8) is 0 Å². The van der Waals surface area contributed by atoms with E-state index in [1.165, 1.54) is 20.7 Å². The highest BCUT2D eigenvalue weighted by molar-refractivity contribution is 7.87. The quantitative estimate of drug-likeness (QED) is 0.558. The Balaban J connectivity index is 1.58. The van der Waals surface area contributed by atoms with Crippen LogP contribution in [-0.2, 0) is 15.6 Å². The molecule has 4 rings (SSSR count). The number of carbonyl (C=O) groups is 1. The Hall–Kier alpha value is -3.17. The average Bonchev–Trinajstić information content (AvgIpc) is 3.18. The maximum atomic E-state index is 13.3. The van der Waals surface area contributed by atoms with Crippen LogP contribution in [0.4, 0.5) is 0 Å². The molecule has 34 heavy (non-hydrogen) atoms. The molecule has 1 fully saturated rings. The van der Waals surface area contributed by atoms with Crippen LogP contribution in [0.2, 0.25) is 0 Å². The molecule has 0 bridgehead atoms. The molecule has 180 valence electrons. The topological polar surface area (TPSA) is 93.5 Å². The maximum Gasteiger partial charge on any atom is 0.308 e. The third-order valence-electron chi connectivity index (χ3n) is 6.58. The van der Waals surface area contributed by atoms with E-state index in [-0.39, 0.29) is 5.91 Å². The lowest BCUT2D eigenvalue weighted by Gasteiger charge is -2.34.